The molecule has 6 aliphatic rings. The summed E-state index contributed by atoms with van der Waals surface area (Å²) in [4.78, 5) is 0. The molecule has 4 fully saturated rings. The van der Waals surface area contributed by atoms with Gasteiger partial charge in [-0.15, -0.1) is 0 Å². The number of hydrogen-bond donors (Lipinski definition) is 0. The molecule has 0 heterocycles. The topological polar surface area (TPSA) is 9.23 Å². The predicted molar refractivity (Wildman–Crippen MR) is 239 cm³/mol. The number of ether oxygens (including phenoxy) is 1. The van der Waals surface area contributed by atoms with Crippen LogP contribution in [0.15, 0.2) is 48.6 Å². The predicted octanol–water partition coefficient (Wildman–Crippen LogP) is 16.7. The minimum absolute atomic E-state index is 0.252. The molecule has 312 valence electrons. The average Bonchev–Trinajstić information content (AvgIpc) is 3.23. The Morgan fingerprint density at radius 3 is 1.13 bits per heavy atom. The van der Waals surface area contributed by atoms with Crippen LogP contribution in [0.1, 0.15) is 220 Å². The Labute approximate surface area is 342 Å². The van der Waals surface area contributed by atoms with E-state index >= 15 is 0 Å². The van der Waals surface area contributed by atoms with Crippen molar-refractivity contribution in [1.82, 2.24) is 0 Å². The highest BCUT2D eigenvalue weighted by atomic mass is 16.5. The minimum Gasteiger partial charge on any atom is -0.380 e. The molecule has 0 unspecified atom stereocenters. The van der Waals surface area contributed by atoms with Crippen molar-refractivity contribution in [3.05, 3.63) is 48.6 Å². The van der Waals surface area contributed by atoms with Crippen molar-refractivity contribution in [3.8, 4) is 0 Å². The van der Waals surface area contributed by atoms with Gasteiger partial charge in [-0.2, -0.15) is 0 Å². The van der Waals surface area contributed by atoms with Gasteiger partial charge in [0.05, 0.1) is 13.2 Å². The van der Waals surface area contributed by atoms with Gasteiger partial charge in [-0.3, -0.25) is 0 Å². The third-order valence-electron chi connectivity index (χ3n) is 17.6. The van der Waals surface area contributed by atoms with Crippen molar-refractivity contribution < 1.29 is 4.74 Å². The van der Waals surface area contributed by atoms with Crippen LogP contribution < -0.4 is 0 Å². The van der Waals surface area contributed by atoms with Crippen LogP contribution in [0.2, 0.25) is 0 Å². The molecule has 1 heteroatoms. The van der Waals surface area contributed by atoms with Crippen LogP contribution in [0.3, 0.4) is 0 Å². The van der Waals surface area contributed by atoms with Gasteiger partial charge in [-0.05, 0) is 98.7 Å². The van der Waals surface area contributed by atoms with E-state index in [0.29, 0.717) is 22.7 Å². The lowest BCUT2D eigenvalue weighted by atomic mass is 9.47. The third kappa shape index (κ3) is 10.0. The van der Waals surface area contributed by atoms with Crippen molar-refractivity contribution in [2.75, 3.05) is 13.2 Å². The molecule has 1 nitrogen and oxygen atoms in total. The van der Waals surface area contributed by atoms with E-state index < -0.39 is 0 Å². The summed E-state index contributed by atoms with van der Waals surface area (Å²) in [7, 11) is 0. The van der Waals surface area contributed by atoms with Crippen molar-refractivity contribution >= 4 is 0 Å². The summed E-state index contributed by atoms with van der Waals surface area (Å²) in [5.41, 5.74) is 1.45. The third-order valence-corrected chi connectivity index (χ3v) is 17.6. The van der Waals surface area contributed by atoms with E-state index in [2.05, 4.69) is 76.3 Å². The molecule has 0 amide bonds. The van der Waals surface area contributed by atoms with Crippen LogP contribution in [0.4, 0.5) is 0 Å². The number of unbranched alkanes of at least 4 members (excludes halogenated alkanes) is 4. The molecular weight excluding hydrogens is 665 g/mol. The Balaban J connectivity index is 1.11. The molecule has 6 rings (SSSR count). The summed E-state index contributed by atoms with van der Waals surface area (Å²) < 4.78 is 6.68. The maximum atomic E-state index is 6.68. The van der Waals surface area contributed by atoms with Crippen molar-refractivity contribution in [3.63, 3.8) is 0 Å². The second kappa shape index (κ2) is 21.3. The van der Waals surface area contributed by atoms with E-state index in [1.165, 1.54) is 193 Å². The largest absolute Gasteiger partial charge is 0.380 e. The second-order valence-corrected chi connectivity index (χ2v) is 20.7. The van der Waals surface area contributed by atoms with E-state index in [9.17, 15) is 0 Å². The zero-order valence-corrected chi connectivity index (χ0v) is 37.1. The number of allylic oxidation sites excluding steroid dienone is 4. The Morgan fingerprint density at radius 2 is 0.800 bits per heavy atom. The van der Waals surface area contributed by atoms with Gasteiger partial charge in [0.25, 0.3) is 0 Å². The molecule has 0 aromatic carbocycles. The number of rotatable bonds is 20. The van der Waals surface area contributed by atoms with E-state index in [4.69, 9.17) is 4.74 Å². The van der Waals surface area contributed by atoms with Crippen molar-refractivity contribution in [1.29, 1.82) is 0 Å². The highest BCUT2D eigenvalue weighted by Crippen LogP contribution is 2.64. The van der Waals surface area contributed by atoms with Crippen molar-refractivity contribution in [2.45, 2.75) is 220 Å². The molecule has 4 saturated carbocycles. The molecule has 0 N–H and O–H groups in total. The van der Waals surface area contributed by atoms with Crippen molar-refractivity contribution in [2.24, 2.45) is 57.2 Å². The van der Waals surface area contributed by atoms with Gasteiger partial charge >= 0.3 is 0 Å². The lowest BCUT2D eigenvalue weighted by molar-refractivity contribution is -0.0294. The van der Waals surface area contributed by atoms with Gasteiger partial charge < -0.3 is 4.74 Å². The fraction of sp³-hybridized carbons (Fsp3) is 0.852. The first-order chi connectivity index (χ1) is 27.0. The molecule has 0 aliphatic heterocycles. The van der Waals surface area contributed by atoms with Gasteiger partial charge in [-0.25, -0.2) is 0 Å². The summed E-state index contributed by atoms with van der Waals surface area (Å²) >= 11 is 0. The summed E-state index contributed by atoms with van der Waals surface area (Å²) in [5.74, 6) is 4.63. The molecule has 0 aromatic rings. The molecule has 0 radical (unpaired) electrons. The monoisotopic (exact) mass is 755 g/mol. The summed E-state index contributed by atoms with van der Waals surface area (Å²) in [5, 5.41) is 0. The maximum absolute atomic E-state index is 6.68. The SMILES string of the molecule is CCCCCC1(C2(C3CCC(CCC)CC3)CCCCC2)C=CC(COCC2C=CC(CCCCC)(C3(C4CCC(CCC)CC4)CCCCC3)C=C2)C=C1. The molecule has 0 saturated heterocycles. The molecule has 0 aromatic heterocycles. The van der Waals surface area contributed by atoms with Crippen LogP contribution in [-0.4, -0.2) is 13.2 Å². The zero-order chi connectivity index (χ0) is 38.5. The zero-order valence-electron chi connectivity index (χ0n) is 37.1. The summed E-state index contributed by atoms with van der Waals surface area (Å²) in [6.07, 6.45) is 64.5. The highest BCUT2D eigenvalue weighted by molar-refractivity contribution is 5.28. The first kappa shape index (κ1) is 43.5. The average molecular weight is 755 g/mol. The minimum atomic E-state index is 0.252. The fourth-order valence-corrected chi connectivity index (χ4v) is 14.5. The Hall–Kier alpha value is -1.08. The second-order valence-electron chi connectivity index (χ2n) is 20.7. The van der Waals surface area contributed by atoms with E-state index in [-0.39, 0.29) is 10.8 Å². The molecular formula is C54H90O. The fourth-order valence-electron chi connectivity index (χ4n) is 14.5. The first-order valence-corrected chi connectivity index (χ1v) is 25.3. The van der Waals surface area contributed by atoms with Crippen LogP contribution in [0.5, 0.6) is 0 Å². The van der Waals surface area contributed by atoms with E-state index in [1.54, 1.807) is 0 Å². The Bertz CT molecular complexity index is 1080. The summed E-state index contributed by atoms with van der Waals surface area (Å²) in [6, 6.07) is 0. The molecule has 55 heavy (non-hydrogen) atoms. The maximum Gasteiger partial charge on any atom is 0.0563 e. The summed E-state index contributed by atoms with van der Waals surface area (Å²) in [6.45, 7) is 11.2. The lowest BCUT2D eigenvalue weighted by Crippen LogP contribution is -2.48. The molecule has 0 bridgehead atoms. The number of hydrogen-bond acceptors (Lipinski definition) is 1. The standard InChI is InChI=1S/C54H90O/c1-5-9-13-33-51(53(35-15-11-16-36-53)49-25-21-45(19-7-3)22-26-49)39-29-47(30-40-51)43-55-44-48-31-41-52(42-32-48,34-14-10-6-2)54(37-17-12-18-38-54)50-27-23-46(20-8-4)24-28-50/h29-32,39-42,45-50H,5-28,33-38,43-44H2,1-4H3. The van der Waals surface area contributed by atoms with E-state index in [1.807, 2.05) is 0 Å². The van der Waals surface area contributed by atoms with Crippen LogP contribution in [0, 0.1) is 57.2 Å². The van der Waals surface area contributed by atoms with Gasteiger partial charge in [0.15, 0.2) is 0 Å². The van der Waals surface area contributed by atoms with Gasteiger partial charge in [0.1, 0.15) is 0 Å². The van der Waals surface area contributed by atoms with Crippen LogP contribution in [0.25, 0.3) is 0 Å². The molecule has 6 aliphatic carbocycles. The Kier molecular flexibility index (Phi) is 16.8. The normalized spacial score (nSPS) is 35.9. The van der Waals surface area contributed by atoms with E-state index in [0.717, 1.165) is 36.9 Å². The smallest absolute Gasteiger partial charge is 0.0563 e. The lowest BCUT2D eigenvalue weighted by Gasteiger charge is -2.57. The van der Waals surface area contributed by atoms with Crippen LogP contribution in [-0.2, 0) is 4.74 Å². The van der Waals surface area contributed by atoms with Crippen LogP contribution >= 0.6 is 0 Å². The highest BCUT2D eigenvalue weighted by Gasteiger charge is 2.55. The molecule has 0 spiro atoms. The quantitative estimate of drug-likeness (QED) is 0.0888. The first-order valence-electron chi connectivity index (χ1n) is 25.3. The molecule has 0 atom stereocenters. The van der Waals surface area contributed by atoms with Gasteiger partial charge in [0.2, 0.25) is 0 Å². The van der Waals surface area contributed by atoms with Gasteiger partial charge in [0, 0.05) is 22.7 Å². The Morgan fingerprint density at radius 1 is 0.436 bits per heavy atom. The van der Waals surface area contributed by atoms with Gasteiger partial charge in [-0.1, -0.05) is 205 Å².